The summed E-state index contributed by atoms with van der Waals surface area (Å²) in [6, 6.07) is 0. The van der Waals surface area contributed by atoms with Gasteiger partial charge < -0.3 is 14.8 Å². The molecule has 2 atom stereocenters. The van der Waals surface area contributed by atoms with Crippen LogP contribution in [0.3, 0.4) is 0 Å². The Kier molecular flexibility index (Phi) is 8.67. The van der Waals surface area contributed by atoms with E-state index in [0.717, 1.165) is 0 Å². The highest BCUT2D eigenvalue weighted by Gasteiger charge is 2.17. The van der Waals surface area contributed by atoms with E-state index in [-0.39, 0.29) is 19.1 Å². The monoisotopic (exact) mass is 308 g/mol. The van der Waals surface area contributed by atoms with Gasteiger partial charge in [-0.05, 0) is 4.57 Å². The molecule has 0 radical (unpaired) electrons. The standard InChI is InChI=1S/C11H18NO7P/c1-7(2)10(14)18-8(3)19-11(15)12-5-9(13)6-17-20(4)16/h7-8H,5-6H2,1-4H3/p+1. The first-order chi connectivity index (χ1) is 9.22. The van der Waals surface area contributed by atoms with Crippen LogP contribution in [0.4, 0.5) is 4.79 Å². The predicted octanol–water partition coefficient (Wildman–Crippen LogP) is 1.22. The maximum absolute atomic E-state index is 11.3. The molecule has 0 aliphatic rings. The van der Waals surface area contributed by atoms with Crippen molar-refractivity contribution in [3.63, 3.8) is 0 Å². The van der Waals surface area contributed by atoms with Gasteiger partial charge in [-0.3, -0.25) is 9.59 Å². The lowest BCUT2D eigenvalue weighted by atomic mass is 10.2. The quantitative estimate of drug-likeness (QED) is 0.408. The Hall–Kier alpha value is -1.53. The molecule has 0 aromatic heterocycles. The van der Waals surface area contributed by atoms with E-state index in [0.29, 0.717) is 0 Å². The van der Waals surface area contributed by atoms with Crippen LogP contribution in [0.25, 0.3) is 0 Å². The van der Waals surface area contributed by atoms with Crippen LogP contribution in [0.15, 0.2) is 0 Å². The molecule has 0 aliphatic heterocycles. The number of nitrogens with one attached hydrogen (secondary N) is 1. The van der Waals surface area contributed by atoms with E-state index in [2.05, 4.69) is 9.84 Å². The van der Waals surface area contributed by atoms with E-state index < -0.39 is 32.2 Å². The van der Waals surface area contributed by atoms with Crippen LogP contribution in [0.5, 0.6) is 0 Å². The van der Waals surface area contributed by atoms with Gasteiger partial charge in [0.15, 0.2) is 19.1 Å². The van der Waals surface area contributed by atoms with Crippen molar-refractivity contribution in [1.29, 1.82) is 0 Å². The molecule has 20 heavy (non-hydrogen) atoms. The lowest BCUT2D eigenvalue weighted by Gasteiger charge is -2.15. The molecule has 0 saturated carbocycles. The van der Waals surface area contributed by atoms with Gasteiger partial charge in [-0.25, -0.2) is 4.79 Å². The zero-order valence-electron chi connectivity index (χ0n) is 11.9. The predicted molar refractivity (Wildman–Crippen MR) is 69.4 cm³/mol. The first-order valence-electron chi connectivity index (χ1n) is 5.92. The van der Waals surface area contributed by atoms with Crippen LogP contribution < -0.4 is 5.32 Å². The second-order valence-electron chi connectivity index (χ2n) is 4.17. The molecule has 0 aromatic carbocycles. The van der Waals surface area contributed by atoms with E-state index >= 15 is 0 Å². The molecule has 0 aromatic rings. The Balaban J connectivity index is 3.90. The molecule has 0 spiro atoms. The first kappa shape index (κ1) is 18.5. The third-order valence-electron chi connectivity index (χ3n) is 1.86. The highest BCUT2D eigenvalue weighted by Crippen LogP contribution is 2.13. The van der Waals surface area contributed by atoms with Gasteiger partial charge in [-0.15, -0.1) is 4.52 Å². The summed E-state index contributed by atoms with van der Waals surface area (Å²) in [5.74, 6) is -1.29. The number of rotatable bonds is 8. The largest absolute Gasteiger partial charge is 0.505 e. The Bertz CT molecular complexity index is 383. The number of esters is 1. The van der Waals surface area contributed by atoms with Crippen LogP contribution in [-0.4, -0.2) is 44.0 Å². The van der Waals surface area contributed by atoms with Gasteiger partial charge in [0.2, 0.25) is 6.29 Å². The summed E-state index contributed by atoms with van der Waals surface area (Å²) in [5.41, 5.74) is 0. The zero-order chi connectivity index (χ0) is 15.7. The molecule has 0 rings (SSSR count). The van der Waals surface area contributed by atoms with Gasteiger partial charge in [0, 0.05) is 6.92 Å². The number of carbonyl (C=O) groups excluding carboxylic acids is 3. The average Bonchev–Trinajstić information content (AvgIpc) is 2.33. The summed E-state index contributed by atoms with van der Waals surface area (Å²) >= 11 is 0. The summed E-state index contributed by atoms with van der Waals surface area (Å²) in [6.07, 6.45) is -1.95. The second kappa shape index (κ2) is 9.39. The average molecular weight is 308 g/mol. The molecule has 1 N–H and O–H groups in total. The smallest absolute Gasteiger partial charge is 0.425 e. The molecule has 1 amide bonds. The molecule has 0 aliphatic carbocycles. The normalized spacial score (nSPS) is 12.6. The summed E-state index contributed by atoms with van der Waals surface area (Å²) in [4.78, 5) is 33.7. The lowest BCUT2D eigenvalue weighted by Crippen LogP contribution is -2.35. The molecule has 2 unspecified atom stereocenters. The first-order valence-corrected chi connectivity index (χ1v) is 7.55. The Morgan fingerprint density at radius 2 is 1.75 bits per heavy atom. The van der Waals surface area contributed by atoms with Crippen molar-refractivity contribution in [2.45, 2.75) is 27.1 Å². The maximum atomic E-state index is 11.3. The Morgan fingerprint density at radius 1 is 1.15 bits per heavy atom. The topological polar surface area (TPSA) is 108 Å². The van der Waals surface area contributed by atoms with Gasteiger partial charge in [-0.2, -0.15) is 0 Å². The number of carbonyl (C=O) groups is 3. The van der Waals surface area contributed by atoms with Crippen molar-refractivity contribution < 1.29 is 32.9 Å². The maximum Gasteiger partial charge on any atom is 0.505 e. The minimum absolute atomic E-state index is 0.327. The molecule has 0 bridgehead atoms. The molecule has 114 valence electrons. The van der Waals surface area contributed by atoms with Crippen molar-refractivity contribution in [2.75, 3.05) is 19.8 Å². The van der Waals surface area contributed by atoms with Gasteiger partial charge in [0.05, 0.1) is 12.5 Å². The number of ketones is 1. The summed E-state index contributed by atoms with van der Waals surface area (Å²) < 4.78 is 24.7. The molecule has 0 saturated heterocycles. The van der Waals surface area contributed by atoms with Crippen LogP contribution in [0.2, 0.25) is 0 Å². The van der Waals surface area contributed by atoms with Crippen LogP contribution in [-0.2, 0) is 28.2 Å². The molecule has 0 heterocycles. The fourth-order valence-corrected chi connectivity index (χ4v) is 1.23. The highest BCUT2D eigenvalue weighted by atomic mass is 31.1. The number of ether oxygens (including phenoxy) is 2. The number of hydrogen-bond donors (Lipinski definition) is 1. The fourth-order valence-electron chi connectivity index (χ4n) is 0.901. The van der Waals surface area contributed by atoms with E-state index in [9.17, 15) is 18.9 Å². The lowest BCUT2D eigenvalue weighted by molar-refractivity contribution is -0.168. The van der Waals surface area contributed by atoms with Crippen molar-refractivity contribution in [3.8, 4) is 0 Å². The van der Waals surface area contributed by atoms with Gasteiger partial charge in [-0.1, -0.05) is 13.8 Å². The van der Waals surface area contributed by atoms with Crippen molar-refractivity contribution >= 4 is 25.9 Å². The molecule has 0 fully saturated rings. The highest BCUT2D eigenvalue weighted by molar-refractivity contribution is 7.38. The Morgan fingerprint density at radius 3 is 2.25 bits per heavy atom. The van der Waals surface area contributed by atoms with Crippen molar-refractivity contribution in [3.05, 3.63) is 0 Å². The van der Waals surface area contributed by atoms with Crippen LogP contribution >= 0.6 is 8.03 Å². The van der Waals surface area contributed by atoms with Crippen molar-refractivity contribution in [2.24, 2.45) is 5.92 Å². The van der Waals surface area contributed by atoms with E-state index in [1.54, 1.807) is 13.8 Å². The third-order valence-corrected chi connectivity index (χ3v) is 2.36. The number of Topliss-reactive ketones (excluding diaryl/α,β-unsaturated/α-hetero) is 1. The number of hydrogen-bond acceptors (Lipinski definition) is 7. The van der Waals surface area contributed by atoms with E-state index in [4.69, 9.17) is 9.47 Å². The number of alkyl carbamates (subject to hydrolysis) is 1. The van der Waals surface area contributed by atoms with Crippen LogP contribution in [0, 0.1) is 5.92 Å². The minimum atomic E-state index is -1.86. The SMILES string of the molecule is CC(OC(=O)NCC(=O)CO[P+](C)=O)OC(=O)C(C)C. The zero-order valence-corrected chi connectivity index (χ0v) is 12.8. The van der Waals surface area contributed by atoms with Gasteiger partial charge in [0.1, 0.15) is 0 Å². The minimum Gasteiger partial charge on any atom is -0.425 e. The van der Waals surface area contributed by atoms with Gasteiger partial charge >= 0.3 is 20.1 Å². The summed E-state index contributed by atoms with van der Waals surface area (Å²) in [6.45, 7) is 5.30. The fraction of sp³-hybridized carbons (Fsp3) is 0.727. The van der Waals surface area contributed by atoms with Gasteiger partial charge in [0.25, 0.3) is 0 Å². The number of amides is 1. The molecule has 8 nitrogen and oxygen atoms in total. The molecular formula is C11H19NO7P+. The Labute approximate surface area is 118 Å². The molecular weight excluding hydrogens is 289 g/mol. The summed E-state index contributed by atoms with van der Waals surface area (Å²) in [5, 5.41) is 2.16. The van der Waals surface area contributed by atoms with Crippen molar-refractivity contribution in [1.82, 2.24) is 5.32 Å². The third kappa shape index (κ3) is 9.41. The van der Waals surface area contributed by atoms with Crippen LogP contribution in [0.1, 0.15) is 20.8 Å². The second-order valence-corrected chi connectivity index (χ2v) is 5.31. The van der Waals surface area contributed by atoms with E-state index in [1.165, 1.54) is 13.6 Å². The van der Waals surface area contributed by atoms with E-state index in [1.807, 2.05) is 0 Å². The summed E-state index contributed by atoms with van der Waals surface area (Å²) in [7, 11) is -1.86. The molecule has 9 heteroatoms.